The highest BCUT2D eigenvalue weighted by atomic mass is 19.1. The van der Waals surface area contributed by atoms with Crippen LogP contribution in [-0.4, -0.2) is 18.0 Å². The second-order valence-electron chi connectivity index (χ2n) is 5.79. The molecule has 5 heteroatoms. The second kappa shape index (κ2) is 7.73. The van der Waals surface area contributed by atoms with E-state index in [1.54, 1.807) is 18.2 Å². The van der Waals surface area contributed by atoms with Crippen molar-refractivity contribution < 1.29 is 18.7 Å². The van der Waals surface area contributed by atoms with Crippen LogP contribution in [0.1, 0.15) is 42.6 Å². The molecule has 0 bridgehead atoms. The van der Waals surface area contributed by atoms with Crippen LogP contribution in [0.5, 0.6) is 0 Å². The fourth-order valence-electron chi connectivity index (χ4n) is 2.08. The average Bonchev–Trinajstić information content (AvgIpc) is 2.56. The van der Waals surface area contributed by atoms with Crippen molar-refractivity contribution in [2.75, 3.05) is 5.32 Å². The zero-order valence-electron chi connectivity index (χ0n) is 13.9. The monoisotopic (exact) mass is 329 g/mol. The van der Waals surface area contributed by atoms with E-state index in [4.69, 9.17) is 4.74 Å². The minimum atomic E-state index is -1.04. The van der Waals surface area contributed by atoms with E-state index < -0.39 is 23.8 Å². The van der Waals surface area contributed by atoms with Crippen LogP contribution in [0.3, 0.4) is 0 Å². The summed E-state index contributed by atoms with van der Waals surface area (Å²) < 4.78 is 18.7. The van der Waals surface area contributed by atoms with Crippen molar-refractivity contribution in [3.8, 4) is 0 Å². The summed E-state index contributed by atoms with van der Waals surface area (Å²) in [6.07, 6.45) is -1.04. The number of carbonyl (C=O) groups excluding carboxylic acids is 2. The molecule has 0 fully saturated rings. The fourth-order valence-corrected chi connectivity index (χ4v) is 2.08. The number of rotatable bonds is 5. The van der Waals surface area contributed by atoms with Crippen molar-refractivity contribution in [1.29, 1.82) is 0 Å². The molecule has 0 aromatic heterocycles. The maximum Gasteiger partial charge on any atom is 0.338 e. The normalized spacial score (nSPS) is 11.9. The minimum absolute atomic E-state index is 0.0479. The van der Waals surface area contributed by atoms with E-state index in [9.17, 15) is 14.0 Å². The molecule has 0 radical (unpaired) electrons. The lowest BCUT2D eigenvalue weighted by Crippen LogP contribution is -2.30. The summed E-state index contributed by atoms with van der Waals surface area (Å²) in [5.41, 5.74) is 1.52. The van der Waals surface area contributed by atoms with Gasteiger partial charge in [-0.3, -0.25) is 4.79 Å². The number of nitrogens with one attached hydrogen (secondary N) is 1. The molecule has 4 nitrogen and oxygen atoms in total. The molecule has 1 atom stereocenters. The Kier molecular flexibility index (Phi) is 5.68. The van der Waals surface area contributed by atoms with Gasteiger partial charge in [0.25, 0.3) is 5.91 Å². The summed E-state index contributed by atoms with van der Waals surface area (Å²) in [5, 5.41) is 2.40. The lowest BCUT2D eigenvalue weighted by Gasteiger charge is -2.14. The van der Waals surface area contributed by atoms with Gasteiger partial charge in [-0.2, -0.15) is 0 Å². The molecule has 0 aliphatic carbocycles. The Balaban J connectivity index is 1.98. The Hall–Kier alpha value is -2.69. The third-order valence-corrected chi connectivity index (χ3v) is 3.60. The Bertz CT molecular complexity index is 726. The van der Waals surface area contributed by atoms with Crippen molar-refractivity contribution in [2.45, 2.75) is 32.8 Å². The molecule has 1 amide bonds. The van der Waals surface area contributed by atoms with Crippen LogP contribution in [0.15, 0.2) is 48.5 Å². The van der Waals surface area contributed by atoms with Crippen molar-refractivity contribution in [2.24, 2.45) is 0 Å². The molecule has 1 N–H and O–H groups in total. The Morgan fingerprint density at radius 2 is 1.62 bits per heavy atom. The van der Waals surface area contributed by atoms with E-state index in [1.165, 1.54) is 25.1 Å². The summed E-state index contributed by atoms with van der Waals surface area (Å²) in [4.78, 5) is 24.1. The van der Waals surface area contributed by atoms with Gasteiger partial charge in [-0.1, -0.05) is 38.1 Å². The van der Waals surface area contributed by atoms with Gasteiger partial charge in [0, 0.05) is 0 Å². The third kappa shape index (κ3) is 4.41. The van der Waals surface area contributed by atoms with E-state index in [-0.39, 0.29) is 5.69 Å². The maximum absolute atomic E-state index is 13.5. The van der Waals surface area contributed by atoms with E-state index in [0.29, 0.717) is 11.5 Å². The number of carbonyl (C=O) groups is 2. The SMILES string of the molecule is CC(C)c1ccc(C(=O)O[C@@H](C)C(=O)Nc2ccccc2F)cc1. The lowest BCUT2D eigenvalue weighted by atomic mass is 10.0. The smallest absolute Gasteiger partial charge is 0.338 e. The number of anilines is 1. The molecule has 2 aromatic carbocycles. The van der Waals surface area contributed by atoms with Crippen molar-refractivity contribution in [1.82, 2.24) is 0 Å². The standard InChI is InChI=1S/C19H20FNO3/c1-12(2)14-8-10-15(11-9-14)19(23)24-13(3)18(22)21-17-7-5-4-6-16(17)20/h4-13H,1-3H3,(H,21,22)/t13-/m0/s1. The lowest BCUT2D eigenvalue weighted by molar-refractivity contribution is -0.123. The van der Waals surface area contributed by atoms with Gasteiger partial charge < -0.3 is 10.1 Å². The molecule has 2 rings (SSSR count). The van der Waals surface area contributed by atoms with Crippen LogP contribution < -0.4 is 5.32 Å². The summed E-state index contributed by atoms with van der Waals surface area (Å²) in [6.45, 7) is 5.56. The molecule has 2 aromatic rings. The van der Waals surface area contributed by atoms with Crippen LogP contribution >= 0.6 is 0 Å². The number of para-hydroxylation sites is 1. The number of esters is 1. The first-order chi connectivity index (χ1) is 11.4. The van der Waals surface area contributed by atoms with E-state index in [0.717, 1.165) is 5.56 Å². The number of halogens is 1. The van der Waals surface area contributed by atoms with E-state index >= 15 is 0 Å². The predicted molar refractivity (Wildman–Crippen MR) is 90.4 cm³/mol. The highest BCUT2D eigenvalue weighted by molar-refractivity contribution is 5.97. The van der Waals surface area contributed by atoms with Crippen LogP contribution in [0.25, 0.3) is 0 Å². The number of benzene rings is 2. The Morgan fingerprint density at radius 3 is 2.21 bits per heavy atom. The number of hydrogen-bond donors (Lipinski definition) is 1. The molecular formula is C19H20FNO3. The van der Waals surface area contributed by atoms with E-state index in [1.807, 2.05) is 12.1 Å². The fraction of sp³-hybridized carbons (Fsp3) is 0.263. The van der Waals surface area contributed by atoms with Crippen LogP contribution in [0.2, 0.25) is 0 Å². The number of amides is 1. The number of hydrogen-bond acceptors (Lipinski definition) is 3. The Labute approximate surface area is 140 Å². The molecule has 0 saturated heterocycles. The van der Waals surface area contributed by atoms with Crippen LogP contribution in [0, 0.1) is 5.82 Å². The number of ether oxygens (including phenoxy) is 1. The molecule has 0 heterocycles. The molecule has 0 aliphatic heterocycles. The summed E-state index contributed by atoms with van der Waals surface area (Å²) >= 11 is 0. The quantitative estimate of drug-likeness (QED) is 0.839. The molecular weight excluding hydrogens is 309 g/mol. The molecule has 0 spiro atoms. The third-order valence-electron chi connectivity index (χ3n) is 3.60. The average molecular weight is 329 g/mol. The highest BCUT2D eigenvalue weighted by Gasteiger charge is 2.20. The molecule has 0 saturated carbocycles. The minimum Gasteiger partial charge on any atom is -0.449 e. The summed E-state index contributed by atoms with van der Waals surface area (Å²) in [5.74, 6) is -1.37. The summed E-state index contributed by atoms with van der Waals surface area (Å²) in [6, 6.07) is 12.8. The van der Waals surface area contributed by atoms with Crippen molar-refractivity contribution >= 4 is 17.6 Å². The topological polar surface area (TPSA) is 55.4 Å². The Morgan fingerprint density at radius 1 is 1.00 bits per heavy atom. The molecule has 0 aliphatic rings. The summed E-state index contributed by atoms with van der Waals surface area (Å²) in [7, 11) is 0. The zero-order chi connectivity index (χ0) is 17.7. The second-order valence-corrected chi connectivity index (χ2v) is 5.79. The van der Waals surface area contributed by atoms with Gasteiger partial charge in [0.15, 0.2) is 6.10 Å². The first-order valence-corrected chi connectivity index (χ1v) is 7.75. The van der Waals surface area contributed by atoms with Gasteiger partial charge in [0.1, 0.15) is 5.82 Å². The van der Waals surface area contributed by atoms with Crippen molar-refractivity contribution in [3.05, 3.63) is 65.5 Å². The predicted octanol–water partition coefficient (Wildman–Crippen LogP) is 4.13. The zero-order valence-corrected chi connectivity index (χ0v) is 13.9. The first kappa shape index (κ1) is 17.7. The largest absolute Gasteiger partial charge is 0.449 e. The van der Waals surface area contributed by atoms with Crippen LogP contribution in [-0.2, 0) is 9.53 Å². The van der Waals surface area contributed by atoms with Gasteiger partial charge in [-0.25, -0.2) is 9.18 Å². The highest BCUT2D eigenvalue weighted by Crippen LogP contribution is 2.16. The maximum atomic E-state index is 13.5. The molecule has 0 unspecified atom stereocenters. The van der Waals surface area contributed by atoms with Gasteiger partial charge in [-0.15, -0.1) is 0 Å². The van der Waals surface area contributed by atoms with Gasteiger partial charge in [-0.05, 0) is 42.7 Å². The van der Waals surface area contributed by atoms with Gasteiger partial charge >= 0.3 is 5.97 Å². The first-order valence-electron chi connectivity index (χ1n) is 7.75. The van der Waals surface area contributed by atoms with Crippen molar-refractivity contribution in [3.63, 3.8) is 0 Å². The van der Waals surface area contributed by atoms with Crippen LogP contribution in [0.4, 0.5) is 10.1 Å². The molecule has 24 heavy (non-hydrogen) atoms. The van der Waals surface area contributed by atoms with Gasteiger partial charge in [0.05, 0.1) is 11.3 Å². The van der Waals surface area contributed by atoms with Gasteiger partial charge in [0.2, 0.25) is 0 Å². The molecule has 126 valence electrons. The van der Waals surface area contributed by atoms with E-state index in [2.05, 4.69) is 19.2 Å².